The van der Waals surface area contributed by atoms with Crippen LogP contribution in [0.1, 0.15) is 0 Å². The highest BCUT2D eigenvalue weighted by Crippen LogP contribution is 2.06. The first-order chi connectivity index (χ1) is 4.33. The van der Waals surface area contributed by atoms with Crippen LogP contribution in [0.15, 0.2) is 24.3 Å². The lowest BCUT2D eigenvalue weighted by molar-refractivity contribution is 0.603. The second kappa shape index (κ2) is 2.95. The highest BCUT2D eigenvalue weighted by Gasteiger charge is 1.86. The number of halogens is 1. The monoisotopic (exact) mass is 159 g/mol. The van der Waals surface area contributed by atoms with Crippen LogP contribution >= 0.6 is 20.1 Å². The molecule has 0 saturated heterocycles. The summed E-state index contributed by atoms with van der Waals surface area (Å²) in [5.74, 6) is 0. The Morgan fingerprint density at radius 2 is 1.78 bits per heavy atom. The number of hydrogen-bond donors (Lipinski definition) is 0. The number of hydrogen-bond acceptors (Lipinski definition) is 1. The minimum absolute atomic E-state index is 0.382. The van der Waals surface area contributed by atoms with Crippen LogP contribution in [0.3, 0.4) is 0 Å². The molecule has 0 spiro atoms. The molecule has 1 unspecified atom stereocenters. The van der Waals surface area contributed by atoms with E-state index in [9.17, 15) is 4.57 Å². The minimum atomic E-state index is -0.382. The Kier molecular flexibility index (Phi) is 2.21. The van der Waals surface area contributed by atoms with Gasteiger partial charge in [0.1, 0.15) is 0 Å². The molecular weight excluding hydrogens is 154 g/mol. The van der Waals surface area contributed by atoms with Gasteiger partial charge in [0.15, 0.2) is 0 Å². The minimum Gasteiger partial charge on any atom is -0.285 e. The Morgan fingerprint density at radius 3 is 2.22 bits per heavy atom. The van der Waals surface area contributed by atoms with Gasteiger partial charge in [-0.1, -0.05) is 11.6 Å². The predicted molar refractivity (Wildman–Crippen MR) is 40.1 cm³/mol. The lowest BCUT2D eigenvalue weighted by atomic mass is 10.4. The van der Waals surface area contributed by atoms with Crippen LogP contribution in [-0.4, -0.2) is 0 Å². The maximum atomic E-state index is 10.2. The van der Waals surface area contributed by atoms with Crippen LogP contribution in [0.2, 0.25) is 5.02 Å². The Morgan fingerprint density at radius 1 is 1.22 bits per heavy atom. The van der Waals surface area contributed by atoms with Crippen molar-refractivity contribution in [3.63, 3.8) is 0 Å². The molecule has 1 rings (SSSR count). The molecule has 0 saturated carbocycles. The molecule has 3 heteroatoms. The van der Waals surface area contributed by atoms with Gasteiger partial charge in [-0.15, -0.1) is 0 Å². The molecule has 9 heavy (non-hydrogen) atoms. The average molecular weight is 160 g/mol. The van der Waals surface area contributed by atoms with E-state index in [-0.39, 0.29) is 8.46 Å². The molecule has 1 nitrogen and oxygen atoms in total. The topological polar surface area (TPSA) is 17.1 Å². The maximum absolute atomic E-state index is 10.2. The van der Waals surface area contributed by atoms with Crippen LogP contribution in [0.5, 0.6) is 0 Å². The third-order valence-electron chi connectivity index (χ3n) is 0.962. The van der Waals surface area contributed by atoms with E-state index in [1.807, 2.05) is 0 Å². The van der Waals surface area contributed by atoms with Crippen molar-refractivity contribution in [2.45, 2.75) is 0 Å². The van der Waals surface area contributed by atoms with Gasteiger partial charge in [0.2, 0.25) is 0 Å². The van der Waals surface area contributed by atoms with E-state index >= 15 is 0 Å². The third-order valence-corrected chi connectivity index (χ3v) is 1.78. The van der Waals surface area contributed by atoms with Crippen LogP contribution < -0.4 is 5.30 Å². The van der Waals surface area contributed by atoms with Crippen molar-refractivity contribution in [1.82, 2.24) is 0 Å². The van der Waals surface area contributed by atoms with Crippen LogP contribution in [0, 0.1) is 0 Å². The lowest BCUT2D eigenvalue weighted by Crippen LogP contribution is -1.86. The van der Waals surface area contributed by atoms with Crippen LogP contribution in [0.25, 0.3) is 0 Å². The second-order valence-electron chi connectivity index (χ2n) is 1.61. The first-order valence-corrected chi connectivity index (χ1v) is 3.75. The Hall–Kier alpha value is -0.390. The molecule has 0 heterocycles. The fraction of sp³-hybridized carbons (Fsp3) is 0. The van der Waals surface area contributed by atoms with Crippen molar-refractivity contribution < 1.29 is 4.57 Å². The largest absolute Gasteiger partial charge is 0.285 e. The Labute approximate surface area is 59.9 Å². The van der Waals surface area contributed by atoms with Crippen molar-refractivity contribution in [3.05, 3.63) is 29.3 Å². The first kappa shape index (κ1) is 6.73. The van der Waals surface area contributed by atoms with Crippen molar-refractivity contribution in [3.8, 4) is 0 Å². The normalized spacial score (nSPS) is 9.89. The molecule has 0 aliphatic heterocycles. The molecule has 0 bridgehead atoms. The molecule has 1 atom stereocenters. The summed E-state index contributed by atoms with van der Waals surface area (Å²) in [7, 11) is -0.382. The lowest BCUT2D eigenvalue weighted by Gasteiger charge is -1.87. The van der Waals surface area contributed by atoms with Gasteiger partial charge in [-0.05, 0) is 24.3 Å². The Balaban J connectivity index is 3.01. The molecule has 0 aliphatic carbocycles. The van der Waals surface area contributed by atoms with Gasteiger partial charge in [-0.2, -0.15) is 0 Å². The van der Waals surface area contributed by atoms with Crippen molar-refractivity contribution in [2.75, 3.05) is 0 Å². The molecule has 1 aromatic carbocycles. The Bertz CT molecular complexity index is 207. The summed E-state index contributed by atoms with van der Waals surface area (Å²) in [6.45, 7) is 0. The van der Waals surface area contributed by atoms with Crippen LogP contribution in [0.4, 0.5) is 0 Å². The van der Waals surface area contributed by atoms with Crippen molar-refractivity contribution >= 4 is 25.4 Å². The summed E-state index contributed by atoms with van der Waals surface area (Å²) in [5, 5.41) is 1.48. The second-order valence-corrected chi connectivity index (χ2v) is 2.83. The fourth-order valence-electron chi connectivity index (χ4n) is 0.518. The van der Waals surface area contributed by atoms with E-state index in [1.54, 1.807) is 24.3 Å². The van der Waals surface area contributed by atoms with Crippen LogP contribution in [-0.2, 0) is 4.57 Å². The first-order valence-electron chi connectivity index (χ1n) is 2.46. The molecule has 47 valence electrons. The molecule has 1 radical (unpaired) electrons. The molecular formula is C6H5ClOP. The third kappa shape index (κ3) is 1.78. The SMILES string of the molecule is O=[PH]c1ccc(Cl)cc1. The number of rotatable bonds is 1. The van der Waals surface area contributed by atoms with E-state index < -0.39 is 0 Å². The molecule has 0 aliphatic rings. The van der Waals surface area contributed by atoms with Gasteiger partial charge in [-0.3, -0.25) is 4.57 Å². The summed E-state index contributed by atoms with van der Waals surface area (Å²) in [6.07, 6.45) is 0. The summed E-state index contributed by atoms with van der Waals surface area (Å²) >= 11 is 5.57. The van der Waals surface area contributed by atoms with E-state index in [4.69, 9.17) is 11.6 Å². The summed E-state index contributed by atoms with van der Waals surface area (Å²) < 4.78 is 10.2. The predicted octanol–water partition coefficient (Wildman–Crippen LogP) is 1.99. The summed E-state index contributed by atoms with van der Waals surface area (Å²) in [5.41, 5.74) is 0. The highest BCUT2D eigenvalue weighted by molar-refractivity contribution is 7.34. The van der Waals surface area contributed by atoms with Gasteiger partial charge in [0, 0.05) is 10.3 Å². The van der Waals surface area contributed by atoms with E-state index in [0.29, 0.717) is 5.02 Å². The van der Waals surface area contributed by atoms with E-state index in [1.165, 1.54) is 0 Å². The highest BCUT2D eigenvalue weighted by atomic mass is 35.5. The van der Waals surface area contributed by atoms with Crippen molar-refractivity contribution in [1.29, 1.82) is 0 Å². The molecule has 0 amide bonds. The van der Waals surface area contributed by atoms with E-state index in [2.05, 4.69) is 0 Å². The molecule has 0 aromatic heterocycles. The summed E-state index contributed by atoms with van der Waals surface area (Å²) in [6, 6.07) is 6.94. The molecule has 0 fully saturated rings. The van der Waals surface area contributed by atoms with Gasteiger partial charge in [0.25, 0.3) is 0 Å². The zero-order valence-corrected chi connectivity index (χ0v) is 6.35. The zero-order chi connectivity index (χ0) is 6.69. The zero-order valence-electron chi connectivity index (χ0n) is 4.60. The van der Waals surface area contributed by atoms with E-state index in [0.717, 1.165) is 5.30 Å². The fourth-order valence-corrected chi connectivity index (χ4v) is 0.947. The number of benzene rings is 1. The maximum Gasteiger partial charge on any atom is 0.0902 e. The molecule has 1 aromatic rings. The smallest absolute Gasteiger partial charge is 0.0902 e. The standard InChI is InChI=1S/C6H5ClOP/c7-5-1-3-6(9-8)4-2-5/h1-4,9H. The van der Waals surface area contributed by atoms with Gasteiger partial charge >= 0.3 is 0 Å². The van der Waals surface area contributed by atoms with Gasteiger partial charge in [0.05, 0.1) is 8.46 Å². The quantitative estimate of drug-likeness (QED) is 0.573. The molecule has 0 N–H and O–H groups in total. The van der Waals surface area contributed by atoms with Crippen molar-refractivity contribution in [2.24, 2.45) is 0 Å². The summed E-state index contributed by atoms with van der Waals surface area (Å²) in [4.78, 5) is 0. The van der Waals surface area contributed by atoms with Gasteiger partial charge < -0.3 is 0 Å². The van der Waals surface area contributed by atoms with Gasteiger partial charge in [-0.25, -0.2) is 0 Å². The average Bonchev–Trinajstić information content (AvgIpc) is 1.90.